The molecule has 9 aromatic rings. The Hall–Kier alpha value is -6.13. The normalized spacial score (nSPS) is 11.6. The van der Waals surface area contributed by atoms with Crippen LogP contribution in [0.5, 0.6) is 0 Å². The highest BCUT2D eigenvalue weighted by atomic mass is 16.3. The van der Waals surface area contributed by atoms with Crippen molar-refractivity contribution in [2.45, 2.75) is 0 Å². The van der Waals surface area contributed by atoms with Gasteiger partial charge in [0.1, 0.15) is 11.2 Å². The summed E-state index contributed by atoms with van der Waals surface area (Å²) in [6.07, 6.45) is 0. The summed E-state index contributed by atoms with van der Waals surface area (Å²) in [5.41, 5.74) is 6.65. The first-order valence-electron chi connectivity index (χ1n) is 15.0. The van der Waals surface area contributed by atoms with Crippen LogP contribution in [-0.4, -0.2) is 15.0 Å². The molecule has 210 valence electrons. The summed E-state index contributed by atoms with van der Waals surface area (Å²) in [6, 6.07) is 52.2. The molecule has 0 amide bonds. The fraction of sp³-hybridized carbons (Fsp3) is 0. The fourth-order valence-electron chi connectivity index (χ4n) is 6.41. The Balaban J connectivity index is 1.35. The number of nitrogens with zero attached hydrogens (tertiary/aromatic N) is 3. The zero-order valence-corrected chi connectivity index (χ0v) is 24.2. The largest absolute Gasteiger partial charge is 0.456 e. The van der Waals surface area contributed by atoms with E-state index >= 15 is 0 Å². The molecule has 0 N–H and O–H groups in total. The van der Waals surface area contributed by atoms with Crippen LogP contribution in [-0.2, 0) is 0 Å². The maximum Gasteiger partial charge on any atom is 0.164 e. The van der Waals surface area contributed by atoms with Crippen LogP contribution in [0.1, 0.15) is 0 Å². The van der Waals surface area contributed by atoms with Crippen molar-refractivity contribution in [3.63, 3.8) is 0 Å². The molecule has 9 rings (SSSR count). The lowest BCUT2D eigenvalue weighted by Gasteiger charge is -2.15. The molecule has 0 radical (unpaired) electrons. The summed E-state index contributed by atoms with van der Waals surface area (Å²) in [5.74, 6) is 1.85. The van der Waals surface area contributed by atoms with Crippen LogP contribution in [0.2, 0.25) is 0 Å². The standard InChI is InChI=1S/C41H25N3O/c1-2-13-28(14-3-1)39-42-40(33-18-10-20-36-38(33)32-17-8-9-19-35(32)45-36)44-41(43-39)34-24-23-27-12-6-7-16-31(27)37(34)30-22-21-26-11-4-5-15-29(26)25-30/h1-25H. The summed E-state index contributed by atoms with van der Waals surface area (Å²) in [6.45, 7) is 0. The van der Waals surface area contributed by atoms with Crippen molar-refractivity contribution in [1.82, 2.24) is 15.0 Å². The summed E-state index contributed by atoms with van der Waals surface area (Å²) in [7, 11) is 0. The quantitative estimate of drug-likeness (QED) is 0.209. The van der Waals surface area contributed by atoms with Crippen molar-refractivity contribution in [3.05, 3.63) is 152 Å². The maximum absolute atomic E-state index is 6.23. The van der Waals surface area contributed by atoms with E-state index in [1.807, 2.05) is 60.7 Å². The number of aromatic nitrogens is 3. The molecule has 7 aromatic carbocycles. The second kappa shape index (κ2) is 10.2. The molecule has 2 aromatic heterocycles. The topological polar surface area (TPSA) is 51.8 Å². The lowest BCUT2D eigenvalue weighted by Crippen LogP contribution is -2.01. The maximum atomic E-state index is 6.23. The van der Waals surface area contributed by atoms with Crippen molar-refractivity contribution in [2.24, 2.45) is 0 Å². The van der Waals surface area contributed by atoms with E-state index in [1.54, 1.807) is 0 Å². The number of furan rings is 1. The first-order valence-corrected chi connectivity index (χ1v) is 15.0. The van der Waals surface area contributed by atoms with E-state index in [9.17, 15) is 0 Å². The van der Waals surface area contributed by atoms with Crippen LogP contribution < -0.4 is 0 Å². The fourth-order valence-corrected chi connectivity index (χ4v) is 6.41. The van der Waals surface area contributed by atoms with Gasteiger partial charge in [0.05, 0.1) is 0 Å². The minimum absolute atomic E-state index is 0.605. The Morgan fingerprint density at radius 3 is 1.89 bits per heavy atom. The Labute approximate surface area is 259 Å². The van der Waals surface area contributed by atoms with Gasteiger partial charge in [-0.2, -0.15) is 0 Å². The molecule has 0 saturated heterocycles. The van der Waals surface area contributed by atoms with Crippen molar-refractivity contribution in [3.8, 4) is 45.3 Å². The number of para-hydroxylation sites is 1. The lowest BCUT2D eigenvalue weighted by atomic mass is 9.91. The van der Waals surface area contributed by atoms with Crippen molar-refractivity contribution in [2.75, 3.05) is 0 Å². The van der Waals surface area contributed by atoms with Crippen LogP contribution in [0.25, 0.3) is 88.8 Å². The highest BCUT2D eigenvalue weighted by molar-refractivity contribution is 6.12. The monoisotopic (exact) mass is 575 g/mol. The van der Waals surface area contributed by atoms with Crippen molar-refractivity contribution in [1.29, 1.82) is 0 Å². The SMILES string of the molecule is c1ccc(-c2nc(-c3ccc4ccccc4c3-c3ccc4ccccc4c3)nc(-c3cccc4oc5ccccc5c34)n2)cc1. The number of rotatable bonds is 4. The third-order valence-corrected chi connectivity index (χ3v) is 8.52. The highest BCUT2D eigenvalue weighted by Crippen LogP contribution is 2.40. The molecule has 0 unspecified atom stereocenters. The summed E-state index contributed by atoms with van der Waals surface area (Å²) < 4.78 is 6.23. The van der Waals surface area contributed by atoms with Crippen LogP contribution in [0.15, 0.2) is 156 Å². The highest BCUT2D eigenvalue weighted by Gasteiger charge is 2.20. The molecule has 2 heterocycles. The molecule has 0 saturated carbocycles. The second-order valence-corrected chi connectivity index (χ2v) is 11.2. The number of benzene rings is 7. The minimum Gasteiger partial charge on any atom is -0.456 e. The molecule has 45 heavy (non-hydrogen) atoms. The Morgan fingerprint density at radius 2 is 1.02 bits per heavy atom. The van der Waals surface area contributed by atoms with Crippen molar-refractivity contribution >= 4 is 43.5 Å². The van der Waals surface area contributed by atoms with Gasteiger partial charge in [-0.05, 0) is 51.4 Å². The molecule has 0 aliphatic rings. The Bertz CT molecular complexity index is 2550. The van der Waals surface area contributed by atoms with E-state index in [1.165, 1.54) is 10.8 Å². The van der Waals surface area contributed by atoms with Gasteiger partial charge in [-0.1, -0.05) is 127 Å². The van der Waals surface area contributed by atoms with E-state index in [-0.39, 0.29) is 0 Å². The van der Waals surface area contributed by atoms with Gasteiger partial charge < -0.3 is 4.42 Å². The molecule has 0 fully saturated rings. The Kier molecular flexibility index (Phi) is 5.78. The van der Waals surface area contributed by atoms with Crippen LogP contribution in [0.3, 0.4) is 0 Å². The van der Waals surface area contributed by atoms with Gasteiger partial charge in [0, 0.05) is 33.0 Å². The molecule has 0 aliphatic carbocycles. The molecule has 4 heteroatoms. The average molecular weight is 576 g/mol. The second-order valence-electron chi connectivity index (χ2n) is 11.2. The minimum atomic E-state index is 0.605. The van der Waals surface area contributed by atoms with E-state index in [0.29, 0.717) is 17.5 Å². The van der Waals surface area contributed by atoms with Gasteiger partial charge >= 0.3 is 0 Å². The Morgan fingerprint density at radius 1 is 0.378 bits per heavy atom. The smallest absolute Gasteiger partial charge is 0.164 e. The third kappa shape index (κ3) is 4.27. The molecule has 0 bridgehead atoms. The molecular formula is C41H25N3O. The molecule has 0 atom stereocenters. The van der Waals surface area contributed by atoms with Crippen LogP contribution in [0, 0.1) is 0 Å². The van der Waals surface area contributed by atoms with Gasteiger partial charge in [0.15, 0.2) is 17.5 Å². The summed E-state index contributed by atoms with van der Waals surface area (Å²) in [4.78, 5) is 15.4. The first kappa shape index (κ1) is 25.4. The predicted octanol–water partition coefficient (Wildman–Crippen LogP) is 10.7. The van der Waals surface area contributed by atoms with Crippen molar-refractivity contribution < 1.29 is 4.42 Å². The zero-order valence-electron chi connectivity index (χ0n) is 24.2. The molecule has 4 nitrogen and oxygen atoms in total. The van der Waals surface area contributed by atoms with Gasteiger partial charge in [0.25, 0.3) is 0 Å². The molecular weight excluding hydrogens is 550 g/mol. The van der Waals surface area contributed by atoms with Gasteiger partial charge in [-0.15, -0.1) is 0 Å². The molecule has 0 aliphatic heterocycles. The molecule has 0 spiro atoms. The lowest BCUT2D eigenvalue weighted by molar-refractivity contribution is 0.669. The van der Waals surface area contributed by atoms with E-state index in [4.69, 9.17) is 19.4 Å². The van der Waals surface area contributed by atoms with Crippen LogP contribution in [0.4, 0.5) is 0 Å². The van der Waals surface area contributed by atoms with E-state index in [0.717, 1.165) is 60.5 Å². The zero-order chi connectivity index (χ0) is 29.7. The van der Waals surface area contributed by atoms with Gasteiger partial charge in [-0.3, -0.25) is 0 Å². The predicted molar refractivity (Wildman–Crippen MR) is 184 cm³/mol. The van der Waals surface area contributed by atoms with Crippen LogP contribution >= 0.6 is 0 Å². The average Bonchev–Trinajstić information content (AvgIpc) is 3.50. The van der Waals surface area contributed by atoms with E-state index in [2.05, 4.69) is 91.0 Å². The summed E-state index contributed by atoms with van der Waals surface area (Å²) in [5, 5.41) is 6.74. The van der Waals surface area contributed by atoms with Gasteiger partial charge in [-0.25, -0.2) is 15.0 Å². The number of fused-ring (bicyclic) bond motifs is 5. The summed E-state index contributed by atoms with van der Waals surface area (Å²) >= 11 is 0. The number of hydrogen-bond donors (Lipinski definition) is 0. The van der Waals surface area contributed by atoms with Gasteiger partial charge in [0.2, 0.25) is 0 Å². The first-order chi connectivity index (χ1) is 22.3. The number of hydrogen-bond acceptors (Lipinski definition) is 4. The van der Waals surface area contributed by atoms with E-state index < -0.39 is 0 Å². The third-order valence-electron chi connectivity index (χ3n) is 8.52.